The fraction of sp³-hybridized carbons (Fsp3) is 0.333. The van der Waals surface area contributed by atoms with Crippen LogP contribution in [0.5, 0.6) is 5.75 Å². The van der Waals surface area contributed by atoms with Gasteiger partial charge in [-0.3, -0.25) is 9.69 Å². The number of rotatable bonds is 4. The van der Waals surface area contributed by atoms with E-state index in [1.54, 1.807) is 7.11 Å². The standard InChI is InChI=1S/C24H27N3O2/c1-16-12-17(2)15-27(14-16)23-13-21(20-6-4-5-7-22(20)26-23)24(28)25-18-8-10-19(29-3)11-9-18/h4-11,13,16-17H,12,14-15H2,1-3H3,(H,25,28)/p+1/t16-,17-/m1/s1. The monoisotopic (exact) mass is 390 g/mol. The number of amides is 1. The highest BCUT2D eigenvalue weighted by atomic mass is 16.5. The van der Waals surface area contributed by atoms with E-state index in [1.165, 1.54) is 6.42 Å². The van der Waals surface area contributed by atoms with E-state index in [0.29, 0.717) is 17.4 Å². The smallest absolute Gasteiger partial charge is 0.275 e. The highest BCUT2D eigenvalue weighted by Crippen LogP contribution is 2.27. The van der Waals surface area contributed by atoms with Gasteiger partial charge in [-0.05, 0) is 54.7 Å². The van der Waals surface area contributed by atoms with Gasteiger partial charge in [0.1, 0.15) is 11.3 Å². The van der Waals surface area contributed by atoms with E-state index in [2.05, 4.69) is 29.0 Å². The summed E-state index contributed by atoms with van der Waals surface area (Å²) in [6.07, 6.45) is 1.24. The van der Waals surface area contributed by atoms with Crippen LogP contribution in [-0.2, 0) is 0 Å². The Morgan fingerprint density at radius 2 is 1.76 bits per heavy atom. The number of piperidine rings is 1. The lowest BCUT2D eigenvalue weighted by Gasteiger charge is -2.30. The average molecular weight is 391 g/mol. The molecule has 1 saturated heterocycles. The summed E-state index contributed by atoms with van der Waals surface area (Å²) >= 11 is 0. The van der Waals surface area contributed by atoms with Gasteiger partial charge in [-0.25, -0.2) is 4.98 Å². The van der Waals surface area contributed by atoms with Crippen LogP contribution in [0.3, 0.4) is 0 Å². The van der Waals surface area contributed by atoms with E-state index < -0.39 is 0 Å². The number of aromatic nitrogens is 1. The van der Waals surface area contributed by atoms with Crippen LogP contribution < -0.4 is 19.9 Å². The zero-order valence-corrected chi connectivity index (χ0v) is 17.2. The van der Waals surface area contributed by atoms with Crippen molar-refractivity contribution in [2.24, 2.45) is 11.8 Å². The molecule has 1 fully saturated rings. The van der Waals surface area contributed by atoms with Crippen molar-refractivity contribution in [2.75, 3.05) is 30.4 Å². The van der Waals surface area contributed by atoms with Crippen molar-refractivity contribution in [2.45, 2.75) is 20.3 Å². The van der Waals surface area contributed by atoms with Gasteiger partial charge in [0.15, 0.2) is 0 Å². The lowest BCUT2D eigenvalue weighted by Crippen LogP contribution is -2.41. The van der Waals surface area contributed by atoms with Crippen molar-refractivity contribution >= 4 is 28.3 Å². The van der Waals surface area contributed by atoms with Crippen LogP contribution in [0.4, 0.5) is 11.5 Å². The first-order valence-corrected chi connectivity index (χ1v) is 10.2. The van der Waals surface area contributed by atoms with Gasteiger partial charge in [0, 0.05) is 17.1 Å². The van der Waals surface area contributed by atoms with Gasteiger partial charge < -0.3 is 10.1 Å². The van der Waals surface area contributed by atoms with Crippen molar-refractivity contribution in [1.29, 1.82) is 0 Å². The van der Waals surface area contributed by atoms with Crippen LogP contribution in [-0.4, -0.2) is 26.1 Å². The average Bonchev–Trinajstić information content (AvgIpc) is 2.72. The van der Waals surface area contributed by atoms with Crippen LogP contribution in [0.1, 0.15) is 30.6 Å². The summed E-state index contributed by atoms with van der Waals surface area (Å²) in [5.41, 5.74) is 2.39. The predicted molar refractivity (Wildman–Crippen MR) is 117 cm³/mol. The minimum atomic E-state index is -0.111. The van der Waals surface area contributed by atoms with Gasteiger partial charge in [0.2, 0.25) is 0 Å². The molecular weight excluding hydrogens is 362 g/mol. The molecule has 0 aliphatic carbocycles. The Hall–Kier alpha value is -3.08. The summed E-state index contributed by atoms with van der Waals surface area (Å²) in [4.78, 5) is 19.1. The van der Waals surface area contributed by atoms with Crippen molar-refractivity contribution in [3.8, 4) is 5.75 Å². The maximum Gasteiger partial charge on any atom is 0.275 e. The van der Waals surface area contributed by atoms with Gasteiger partial charge in [0.25, 0.3) is 11.7 Å². The van der Waals surface area contributed by atoms with Crippen LogP contribution in [0.25, 0.3) is 10.9 Å². The number of methoxy groups -OCH3 is 1. The number of pyridine rings is 1. The third-order valence-electron chi connectivity index (χ3n) is 5.56. The number of nitrogens with zero attached hydrogens (tertiary/aromatic N) is 1. The molecule has 2 heterocycles. The fourth-order valence-electron chi connectivity index (χ4n) is 4.31. The molecule has 1 amide bonds. The van der Waals surface area contributed by atoms with Gasteiger partial charge in [0.05, 0.1) is 25.8 Å². The van der Waals surface area contributed by atoms with Gasteiger partial charge in [-0.1, -0.05) is 26.0 Å². The Kier molecular flexibility index (Phi) is 5.38. The highest BCUT2D eigenvalue weighted by molar-refractivity contribution is 6.12. The number of nitrogens with one attached hydrogen (secondary N) is 2. The molecule has 2 aromatic carbocycles. The van der Waals surface area contributed by atoms with Crippen LogP contribution in [0.15, 0.2) is 54.6 Å². The molecule has 0 saturated carbocycles. The predicted octanol–water partition coefficient (Wildman–Crippen LogP) is 4.40. The zero-order chi connectivity index (χ0) is 20.4. The quantitative estimate of drug-likeness (QED) is 0.718. The van der Waals surface area contributed by atoms with Crippen molar-refractivity contribution in [3.63, 3.8) is 0 Å². The van der Waals surface area contributed by atoms with Crippen LogP contribution in [0.2, 0.25) is 0 Å². The maximum absolute atomic E-state index is 13.2. The second-order valence-electron chi connectivity index (χ2n) is 8.15. The number of carbonyl (C=O) groups is 1. The Morgan fingerprint density at radius 1 is 1.07 bits per heavy atom. The zero-order valence-electron chi connectivity index (χ0n) is 17.2. The molecule has 2 N–H and O–H groups in total. The Labute approximate surface area is 171 Å². The summed E-state index contributed by atoms with van der Waals surface area (Å²) in [5, 5.41) is 3.94. The van der Waals surface area contributed by atoms with E-state index in [9.17, 15) is 4.79 Å². The molecule has 1 aromatic heterocycles. The number of H-pyrrole nitrogens is 1. The van der Waals surface area contributed by atoms with E-state index in [1.807, 2.05) is 54.6 Å². The second-order valence-corrected chi connectivity index (χ2v) is 8.15. The first kappa shape index (κ1) is 19.2. The Morgan fingerprint density at radius 3 is 2.45 bits per heavy atom. The molecule has 0 unspecified atom stereocenters. The molecule has 5 nitrogen and oxygen atoms in total. The number of hydrogen-bond acceptors (Lipinski definition) is 3. The number of fused-ring (bicyclic) bond motifs is 1. The number of hydrogen-bond donors (Lipinski definition) is 1. The van der Waals surface area contributed by atoms with Crippen LogP contribution >= 0.6 is 0 Å². The molecule has 150 valence electrons. The molecule has 0 spiro atoms. The summed E-state index contributed by atoms with van der Waals surface area (Å²) in [6.45, 7) is 6.58. The highest BCUT2D eigenvalue weighted by Gasteiger charge is 2.29. The number of para-hydroxylation sites is 1. The largest absolute Gasteiger partial charge is 0.497 e. The molecule has 2 atom stereocenters. The first-order valence-electron chi connectivity index (χ1n) is 10.2. The van der Waals surface area contributed by atoms with E-state index >= 15 is 0 Å². The summed E-state index contributed by atoms with van der Waals surface area (Å²) in [6, 6.07) is 17.3. The molecule has 4 rings (SSSR count). The maximum atomic E-state index is 13.2. The van der Waals surface area contributed by atoms with Crippen LogP contribution in [0, 0.1) is 11.8 Å². The van der Waals surface area contributed by atoms with E-state index in [0.717, 1.165) is 41.2 Å². The van der Waals surface area contributed by atoms with Gasteiger partial charge in [-0.15, -0.1) is 0 Å². The summed E-state index contributed by atoms with van der Waals surface area (Å²) < 4.78 is 5.19. The molecule has 1 aliphatic rings. The minimum absolute atomic E-state index is 0.111. The van der Waals surface area contributed by atoms with E-state index in [-0.39, 0.29) is 5.91 Å². The molecule has 0 bridgehead atoms. The Bertz CT molecular complexity index is 1010. The SMILES string of the molecule is COc1ccc(NC(=O)c2cc(N3C[C@H](C)C[C@@H](C)C3)[nH+]c3ccccc23)cc1. The lowest BCUT2D eigenvalue weighted by molar-refractivity contribution is -0.331. The molecule has 1 aliphatic heterocycles. The van der Waals surface area contributed by atoms with Crippen molar-refractivity contribution in [3.05, 3.63) is 60.2 Å². The molecule has 29 heavy (non-hydrogen) atoms. The third-order valence-corrected chi connectivity index (χ3v) is 5.56. The fourth-order valence-corrected chi connectivity index (χ4v) is 4.31. The molecular formula is C24H28N3O2+. The summed E-state index contributed by atoms with van der Waals surface area (Å²) in [7, 11) is 1.63. The normalized spacial score (nSPS) is 19.2. The third kappa shape index (κ3) is 4.19. The number of anilines is 2. The molecule has 5 heteroatoms. The minimum Gasteiger partial charge on any atom is -0.497 e. The first-order chi connectivity index (χ1) is 14.0. The summed E-state index contributed by atoms with van der Waals surface area (Å²) in [5.74, 6) is 2.92. The Balaban J connectivity index is 1.69. The topological polar surface area (TPSA) is 55.7 Å². The van der Waals surface area contributed by atoms with Gasteiger partial charge in [-0.2, -0.15) is 0 Å². The van der Waals surface area contributed by atoms with Crippen molar-refractivity contribution in [1.82, 2.24) is 0 Å². The number of ether oxygens (including phenoxy) is 1. The van der Waals surface area contributed by atoms with E-state index in [4.69, 9.17) is 4.74 Å². The second kappa shape index (κ2) is 8.11. The lowest BCUT2D eigenvalue weighted by atomic mass is 9.92. The van der Waals surface area contributed by atoms with Gasteiger partial charge >= 0.3 is 0 Å². The number of benzene rings is 2. The van der Waals surface area contributed by atoms with Crippen molar-refractivity contribution < 1.29 is 14.5 Å². The molecule has 0 radical (unpaired) electrons. The number of carbonyl (C=O) groups excluding carboxylic acids is 1. The molecule has 3 aromatic rings. The number of aromatic amines is 1.